The van der Waals surface area contributed by atoms with Crippen LogP contribution in [0.15, 0.2) is 23.8 Å². The van der Waals surface area contributed by atoms with Crippen molar-refractivity contribution in [3.8, 4) is 11.8 Å². The molecule has 0 saturated heterocycles. The molecular formula is C18H24N2O. The van der Waals surface area contributed by atoms with Crippen molar-refractivity contribution in [1.82, 2.24) is 5.32 Å². The van der Waals surface area contributed by atoms with Crippen molar-refractivity contribution in [2.75, 3.05) is 20.7 Å². The van der Waals surface area contributed by atoms with Gasteiger partial charge in [0.15, 0.2) is 0 Å². The zero-order chi connectivity index (χ0) is 15.1. The molecule has 1 saturated carbocycles. The van der Waals surface area contributed by atoms with Crippen molar-refractivity contribution >= 4 is 6.08 Å². The third-order valence-corrected chi connectivity index (χ3v) is 4.21. The van der Waals surface area contributed by atoms with Crippen LogP contribution in [0.5, 0.6) is 5.75 Å². The molecule has 0 amide bonds. The highest BCUT2D eigenvalue weighted by Crippen LogP contribution is 2.31. The maximum atomic E-state index is 9.20. The van der Waals surface area contributed by atoms with Crippen molar-refractivity contribution in [3.05, 3.63) is 34.9 Å². The second-order valence-corrected chi connectivity index (χ2v) is 5.66. The Bertz CT molecular complexity index is 537. The summed E-state index contributed by atoms with van der Waals surface area (Å²) >= 11 is 0. The predicted molar refractivity (Wildman–Crippen MR) is 86.2 cm³/mol. The van der Waals surface area contributed by atoms with Crippen molar-refractivity contribution in [1.29, 1.82) is 5.26 Å². The number of methoxy groups -OCH3 is 1. The molecule has 3 nitrogen and oxygen atoms in total. The second kappa shape index (κ2) is 7.85. The Balaban J connectivity index is 2.26. The molecule has 1 aliphatic rings. The molecule has 0 aliphatic heterocycles. The normalized spacial score (nSPS) is 16.5. The van der Waals surface area contributed by atoms with E-state index in [4.69, 9.17) is 4.74 Å². The molecule has 0 spiro atoms. The summed E-state index contributed by atoms with van der Waals surface area (Å²) in [6, 6.07) is 8.02. The summed E-state index contributed by atoms with van der Waals surface area (Å²) < 4.78 is 5.20. The van der Waals surface area contributed by atoms with Gasteiger partial charge in [-0.1, -0.05) is 37.0 Å². The SMILES string of the molecule is CNC/C(=C/c1ccc(OC)c(C#N)c1)C1CCCCC1. The maximum absolute atomic E-state index is 9.20. The summed E-state index contributed by atoms with van der Waals surface area (Å²) in [5, 5.41) is 12.5. The first-order valence-corrected chi connectivity index (χ1v) is 7.71. The van der Waals surface area contributed by atoms with E-state index in [9.17, 15) is 5.26 Å². The van der Waals surface area contributed by atoms with Crippen LogP contribution in [0.1, 0.15) is 43.2 Å². The topological polar surface area (TPSA) is 45.0 Å². The summed E-state index contributed by atoms with van der Waals surface area (Å²) in [6.45, 7) is 0.915. The van der Waals surface area contributed by atoms with Gasteiger partial charge in [0.25, 0.3) is 0 Å². The van der Waals surface area contributed by atoms with E-state index in [-0.39, 0.29) is 0 Å². The fourth-order valence-corrected chi connectivity index (χ4v) is 3.11. The summed E-state index contributed by atoms with van der Waals surface area (Å²) in [4.78, 5) is 0. The lowest BCUT2D eigenvalue weighted by atomic mass is 9.83. The first-order valence-electron chi connectivity index (χ1n) is 7.71. The summed E-state index contributed by atoms with van der Waals surface area (Å²) in [7, 11) is 3.59. The Hall–Kier alpha value is -1.79. The molecule has 2 rings (SSSR count). The number of ether oxygens (including phenoxy) is 1. The van der Waals surface area contributed by atoms with Crippen molar-refractivity contribution in [2.45, 2.75) is 32.1 Å². The molecule has 3 heteroatoms. The van der Waals surface area contributed by atoms with Gasteiger partial charge in [0.1, 0.15) is 11.8 Å². The van der Waals surface area contributed by atoms with E-state index in [1.807, 2.05) is 25.2 Å². The van der Waals surface area contributed by atoms with E-state index in [0.717, 1.165) is 12.1 Å². The molecule has 1 N–H and O–H groups in total. The quantitative estimate of drug-likeness (QED) is 0.895. The largest absolute Gasteiger partial charge is 0.495 e. The van der Waals surface area contributed by atoms with Crippen LogP contribution in [0.4, 0.5) is 0 Å². The molecule has 0 aromatic heterocycles. The van der Waals surface area contributed by atoms with Gasteiger partial charge >= 0.3 is 0 Å². The Morgan fingerprint density at radius 2 is 2.14 bits per heavy atom. The number of benzene rings is 1. The van der Waals surface area contributed by atoms with Crippen LogP contribution in [0.2, 0.25) is 0 Å². The summed E-state index contributed by atoms with van der Waals surface area (Å²) in [5.41, 5.74) is 3.13. The van der Waals surface area contributed by atoms with E-state index in [2.05, 4.69) is 17.5 Å². The smallest absolute Gasteiger partial charge is 0.136 e. The number of nitrogens with zero attached hydrogens (tertiary/aromatic N) is 1. The average molecular weight is 284 g/mol. The number of likely N-dealkylation sites (N-methyl/N-ethyl adjacent to an activating group) is 1. The predicted octanol–water partition coefficient (Wildman–Crippen LogP) is 3.75. The molecule has 0 unspecified atom stereocenters. The average Bonchev–Trinajstić information content (AvgIpc) is 2.55. The lowest BCUT2D eigenvalue weighted by Crippen LogP contribution is -2.19. The lowest BCUT2D eigenvalue weighted by Gasteiger charge is -2.24. The van der Waals surface area contributed by atoms with Crippen LogP contribution in [0.3, 0.4) is 0 Å². The fraction of sp³-hybridized carbons (Fsp3) is 0.500. The number of hydrogen-bond acceptors (Lipinski definition) is 3. The van der Waals surface area contributed by atoms with Crippen LogP contribution >= 0.6 is 0 Å². The monoisotopic (exact) mass is 284 g/mol. The van der Waals surface area contributed by atoms with E-state index < -0.39 is 0 Å². The number of nitrogens with one attached hydrogen (secondary N) is 1. The summed E-state index contributed by atoms with van der Waals surface area (Å²) in [6.07, 6.45) is 8.84. The van der Waals surface area contributed by atoms with Gasteiger partial charge in [-0.15, -0.1) is 0 Å². The van der Waals surface area contributed by atoms with E-state index in [1.165, 1.54) is 37.7 Å². The Kier molecular flexibility index (Phi) is 5.83. The molecule has 0 radical (unpaired) electrons. The minimum absolute atomic E-state index is 0.596. The van der Waals surface area contributed by atoms with Crippen molar-refractivity contribution in [2.24, 2.45) is 5.92 Å². The molecule has 21 heavy (non-hydrogen) atoms. The minimum atomic E-state index is 0.596. The van der Waals surface area contributed by atoms with Crippen LogP contribution in [-0.4, -0.2) is 20.7 Å². The van der Waals surface area contributed by atoms with Crippen LogP contribution in [-0.2, 0) is 0 Å². The summed E-state index contributed by atoms with van der Waals surface area (Å²) in [5.74, 6) is 1.32. The van der Waals surface area contributed by atoms with Crippen LogP contribution in [0.25, 0.3) is 6.08 Å². The van der Waals surface area contributed by atoms with Gasteiger partial charge in [0.2, 0.25) is 0 Å². The van der Waals surface area contributed by atoms with Crippen molar-refractivity contribution in [3.63, 3.8) is 0 Å². The highest BCUT2D eigenvalue weighted by atomic mass is 16.5. The standard InChI is InChI=1S/C18H24N2O/c1-20-13-17(15-6-4-3-5-7-15)11-14-8-9-18(21-2)16(10-14)12-19/h8-11,15,20H,3-7,13H2,1-2H3/b17-11-. The van der Waals surface area contributed by atoms with Gasteiger partial charge in [-0.2, -0.15) is 5.26 Å². The number of hydrogen-bond donors (Lipinski definition) is 1. The van der Waals surface area contributed by atoms with Crippen molar-refractivity contribution < 1.29 is 4.74 Å². The van der Waals surface area contributed by atoms with Gasteiger partial charge in [-0.3, -0.25) is 0 Å². The zero-order valence-corrected chi connectivity index (χ0v) is 13.0. The highest BCUT2D eigenvalue weighted by Gasteiger charge is 2.17. The number of nitriles is 1. The first kappa shape index (κ1) is 15.6. The number of rotatable bonds is 5. The van der Waals surface area contributed by atoms with E-state index in [1.54, 1.807) is 7.11 Å². The molecule has 1 fully saturated rings. The van der Waals surface area contributed by atoms with Crippen LogP contribution < -0.4 is 10.1 Å². The molecule has 0 heterocycles. The molecule has 112 valence electrons. The van der Waals surface area contributed by atoms with Crippen LogP contribution in [0, 0.1) is 17.2 Å². The van der Waals surface area contributed by atoms with Gasteiger partial charge in [0, 0.05) is 6.54 Å². The van der Waals surface area contributed by atoms with Gasteiger partial charge in [-0.05, 0) is 43.5 Å². The molecule has 0 bridgehead atoms. The van der Waals surface area contributed by atoms with E-state index in [0.29, 0.717) is 17.2 Å². The molecule has 1 aliphatic carbocycles. The Labute approximate surface area is 127 Å². The third-order valence-electron chi connectivity index (χ3n) is 4.21. The van der Waals surface area contributed by atoms with Gasteiger partial charge in [-0.25, -0.2) is 0 Å². The zero-order valence-electron chi connectivity index (χ0n) is 13.0. The third kappa shape index (κ3) is 4.09. The Morgan fingerprint density at radius 1 is 1.38 bits per heavy atom. The molecule has 1 aromatic carbocycles. The molecular weight excluding hydrogens is 260 g/mol. The minimum Gasteiger partial charge on any atom is -0.495 e. The maximum Gasteiger partial charge on any atom is 0.136 e. The first-order chi connectivity index (χ1) is 10.3. The molecule has 0 atom stereocenters. The van der Waals surface area contributed by atoms with Gasteiger partial charge < -0.3 is 10.1 Å². The fourth-order valence-electron chi connectivity index (χ4n) is 3.11. The van der Waals surface area contributed by atoms with E-state index >= 15 is 0 Å². The molecule has 1 aromatic rings. The second-order valence-electron chi connectivity index (χ2n) is 5.66. The lowest BCUT2D eigenvalue weighted by molar-refractivity contribution is 0.398. The van der Waals surface area contributed by atoms with Gasteiger partial charge in [0.05, 0.1) is 12.7 Å². The highest BCUT2D eigenvalue weighted by molar-refractivity contribution is 5.59. The Morgan fingerprint density at radius 3 is 2.76 bits per heavy atom.